The van der Waals surface area contributed by atoms with Crippen molar-refractivity contribution < 1.29 is 22.3 Å². The third kappa shape index (κ3) is 5.72. The molecule has 0 amide bonds. The van der Waals surface area contributed by atoms with E-state index in [1.54, 1.807) is 6.07 Å². The fourth-order valence-electron chi connectivity index (χ4n) is 5.03. The molecule has 0 N–H and O–H groups in total. The lowest BCUT2D eigenvalue weighted by Crippen LogP contribution is -2.28. The summed E-state index contributed by atoms with van der Waals surface area (Å²) >= 11 is 0. The molecular formula is C21H29F4OSi. The molecule has 3 rings (SSSR count). The lowest BCUT2D eigenvalue weighted by molar-refractivity contribution is -0.275. The smallest absolute Gasteiger partial charge is 0.403 e. The summed E-state index contributed by atoms with van der Waals surface area (Å²) in [6, 6.07) is 8.33. The van der Waals surface area contributed by atoms with Crippen LogP contribution in [0.15, 0.2) is 18.2 Å². The number of alkyl halides is 3. The van der Waals surface area contributed by atoms with E-state index in [2.05, 4.69) is 11.7 Å². The van der Waals surface area contributed by atoms with Crippen molar-refractivity contribution in [3.05, 3.63) is 29.6 Å². The third-order valence-electron chi connectivity index (χ3n) is 6.43. The summed E-state index contributed by atoms with van der Waals surface area (Å²) in [7, 11) is -0.0777. The Labute approximate surface area is 161 Å². The van der Waals surface area contributed by atoms with Crippen molar-refractivity contribution in [2.45, 2.75) is 82.3 Å². The largest absolute Gasteiger partial charge is 0.573 e. The highest BCUT2D eigenvalue weighted by Crippen LogP contribution is 2.44. The van der Waals surface area contributed by atoms with Crippen LogP contribution < -0.4 is 4.74 Å². The van der Waals surface area contributed by atoms with E-state index in [9.17, 15) is 17.6 Å². The van der Waals surface area contributed by atoms with Gasteiger partial charge in [-0.1, -0.05) is 50.4 Å². The first-order valence-electron chi connectivity index (χ1n) is 10.2. The SMILES string of the molecule is CCC[Si]1CCC(C2CCC(c3ccc(OC(F)(F)F)c(F)c3)CC2)CC1. The molecule has 1 aromatic rings. The second kappa shape index (κ2) is 8.97. The van der Waals surface area contributed by atoms with Gasteiger partial charge < -0.3 is 4.74 Å². The van der Waals surface area contributed by atoms with Crippen LogP contribution in [-0.2, 0) is 0 Å². The quantitative estimate of drug-likeness (QED) is 0.371. The van der Waals surface area contributed by atoms with E-state index in [4.69, 9.17) is 0 Å². The Morgan fingerprint density at radius 2 is 1.63 bits per heavy atom. The molecule has 1 aliphatic carbocycles. The summed E-state index contributed by atoms with van der Waals surface area (Å²) in [4.78, 5) is 0. The summed E-state index contributed by atoms with van der Waals surface area (Å²) in [5, 5.41) is 0. The zero-order valence-electron chi connectivity index (χ0n) is 16.0. The van der Waals surface area contributed by atoms with Crippen LogP contribution in [0.4, 0.5) is 17.6 Å². The molecule has 1 radical (unpaired) electrons. The predicted octanol–water partition coefficient (Wildman–Crippen LogP) is 7.31. The minimum absolute atomic E-state index is 0.0777. The Balaban J connectivity index is 1.51. The first-order valence-corrected chi connectivity index (χ1v) is 12.4. The summed E-state index contributed by atoms with van der Waals surface area (Å²) in [5.74, 6) is 0.218. The molecule has 0 aromatic heterocycles. The molecule has 1 saturated carbocycles. The summed E-state index contributed by atoms with van der Waals surface area (Å²) in [5.41, 5.74) is 0.803. The van der Waals surface area contributed by atoms with Gasteiger partial charge in [0.15, 0.2) is 11.6 Å². The fraction of sp³-hybridized carbons (Fsp3) is 0.714. The number of hydrogen-bond acceptors (Lipinski definition) is 1. The van der Waals surface area contributed by atoms with Gasteiger partial charge in [-0.25, -0.2) is 4.39 Å². The van der Waals surface area contributed by atoms with E-state index in [0.29, 0.717) is 0 Å². The number of halogens is 4. The van der Waals surface area contributed by atoms with Gasteiger partial charge in [0, 0.05) is 8.80 Å². The molecule has 27 heavy (non-hydrogen) atoms. The highest BCUT2D eigenvalue weighted by Gasteiger charge is 2.34. The first kappa shape index (κ1) is 20.7. The molecule has 2 aliphatic rings. The van der Waals surface area contributed by atoms with Crippen molar-refractivity contribution in [3.8, 4) is 5.75 Å². The van der Waals surface area contributed by atoms with Gasteiger partial charge >= 0.3 is 6.36 Å². The molecule has 0 bridgehead atoms. The van der Waals surface area contributed by atoms with E-state index < -0.39 is 17.9 Å². The van der Waals surface area contributed by atoms with Crippen molar-refractivity contribution in [1.82, 2.24) is 0 Å². The first-order chi connectivity index (χ1) is 12.9. The standard InChI is InChI=1S/C21H29F4OSi/c1-2-11-27-12-9-17(10-13-27)15-3-5-16(6-4-15)18-7-8-20(19(22)14-18)26-21(23,24)25/h7-8,14-17H,2-6,9-13H2,1H3. The molecule has 151 valence electrons. The van der Waals surface area contributed by atoms with E-state index in [1.807, 2.05) is 0 Å². The molecule has 1 saturated heterocycles. The van der Waals surface area contributed by atoms with Gasteiger partial charge in [0.1, 0.15) is 0 Å². The lowest BCUT2D eigenvalue weighted by Gasteiger charge is -2.37. The van der Waals surface area contributed by atoms with Gasteiger partial charge in [0.05, 0.1) is 0 Å². The van der Waals surface area contributed by atoms with Crippen molar-refractivity contribution >= 4 is 8.80 Å². The number of hydrogen-bond donors (Lipinski definition) is 0. The van der Waals surface area contributed by atoms with E-state index in [0.717, 1.165) is 49.1 Å². The van der Waals surface area contributed by atoms with Crippen LogP contribution in [0, 0.1) is 17.7 Å². The van der Waals surface area contributed by atoms with Crippen molar-refractivity contribution in [3.63, 3.8) is 0 Å². The van der Waals surface area contributed by atoms with Gasteiger partial charge in [-0.05, 0) is 61.1 Å². The maximum Gasteiger partial charge on any atom is 0.573 e. The van der Waals surface area contributed by atoms with Crippen LogP contribution in [-0.4, -0.2) is 15.2 Å². The van der Waals surface area contributed by atoms with E-state index in [-0.39, 0.29) is 14.7 Å². The van der Waals surface area contributed by atoms with Crippen LogP contribution in [0.5, 0.6) is 5.75 Å². The molecule has 1 aliphatic heterocycles. The van der Waals surface area contributed by atoms with Crippen LogP contribution in [0.3, 0.4) is 0 Å². The number of ether oxygens (including phenoxy) is 1. The molecule has 0 unspecified atom stereocenters. The van der Waals surface area contributed by atoms with E-state index in [1.165, 1.54) is 43.5 Å². The van der Waals surface area contributed by atoms with Crippen LogP contribution in [0.2, 0.25) is 18.1 Å². The normalized spacial score (nSPS) is 25.5. The number of rotatable bonds is 5. The maximum atomic E-state index is 14.0. The second-order valence-corrected chi connectivity index (χ2v) is 11.2. The van der Waals surface area contributed by atoms with Crippen LogP contribution in [0.25, 0.3) is 0 Å². The zero-order valence-corrected chi connectivity index (χ0v) is 17.0. The monoisotopic (exact) mass is 401 g/mol. The minimum Gasteiger partial charge on any atom is -0.403 e. The lowest BCUT2D eigenvalue weighted by atomic mass is 9.72. The minimum atomic E-state index is -4.86. The molecular weight excluding hydrogens is 372 g/mol. The summed E-state index contributed by atoms with van der Waals surface area (Å²) in [6.45, 7) is 2.29. The van der Waals surface area contributed by atoms with Gasteiger partial charge in [0.2, 0.25) is 0 Å². The molecule has 2 fully saturated rings. The van der Waals surface area contributed by atoms with Crippen molar-refractivity contribution in [1.29, 1.82) is 0 Å². The highest BCUT2D eigenvalue weighted by molar-refractivity contribution is 6.58. The molecule has 1 aromatic carbocycles. The Hall–Kier alpha value is -1.04. The Bertz CT molecular complexity index is 603. The average molecular weight is 402 g/mol. The van der Waals surface area contributed by atoms with Gasteiger partial charge in [0.25, 0.3) is 0 Å². The average Bonchev–Trinajstić information content (AvgIpc) is 2.63. The molecule has 0 spiro atoms. The Morgan fingerprint density at radius 1 is 1.00 bits per heavy atom. The topological polar surface area (TPSA) is 9.23 Å². The maximum absolute atomic E-state index is 14.0. The van der Waals surface area contributed by atoms with Gasteiger partial charge in [-0.3, -0.25) is 0 Å². The van der Waals surface area contributed by atoms with Crippen molar-refractivity contribution in [2.24, 2.45) is 11.8 Å². The molecule has 1 nitrogen and oxygen atoms in total. The number of benzene rings is 1. The van der Waals surface area contributed by atoms with Crippen LogP contribution in [0.1, 0.15) is 63.4 Å². The molecule has 6 heteroatoms. The highest BCUT2D eigenvalue weighted by atomic mass is 28.3. The molecule has 1 heterocycles. The summed E-state index contributed by atoms with van der Waals surface area (Å²) < 4.78 is 54.5. The van der Waals surface area contributed by atoms with Gasteiger partial charge in [-0.2, -0.15) is 0 Å². The second-order valence-electron chi connectivity index (χ2n) is 8.19. The van der Waals surface area contributed by atoms with Crippen LogP contribution >= 0.6 is 0 Å². The van der Waals surface area contributed by atoms with Crippen molar-refractivity contribution in [2.75, 3.05) is 0 Å². The Morgan fingerprint density at radius 3 is 2.19 bits per heavy atom. The Kier molecular flexibility index (Phi) is 6.87. The summed E-state index contributed by atoms with van der Waals surface area (Å²) in [6.07, 6.45) is 3.58. The van der Waals surface area contributed by atoms with Gasteiger partial charge in [-0.15, -0.1) is 13.2 Å². The fourth-order valence-corrected chi connectivity index (χ4v) is 8.04. The molecule has 0 atom stereocenters. The van der Waals surface area contributed by atoms with E-state index >= 15 is 0 Å². The zero-order chi connectivity index (χ0) is 19.4. The third-order valence-corrected chi connectivity index (χ3v) is 9.63. The predicted molar refractivity (Wildman–Crippen MR) is 101 cm³/mol.